The van der Waals surface area contributed by atoms with Gasteiger partial charge >= 0.3 is 0 Å². The van der Waals surface area contributed by atoms with E-state index < -0.39 is 5.91 Å². The molecule has 0 unspecified atom stereocenters. The van der Waals surface area contributed by atoms with Crippen molar-refractivity contribution in [2.45, 2.75) is 13.2 Å². The molecular weight excluding hydrogens is 392 g/mol. The number of hydrogen-bond donors (Lipinski definition) is 1. The molecule has 2 amide bonds. The van der Waals surface area contributed by atoms with E-state index in [-0.39, 0.29) is 18.3 Å². The second-order valence-corrected chi connectivity index (χ2v) is 7.29. The van der Waals surface area contributed by atoms with Crippen LogP contribution in [0.3, 0.4) is 0 Å². The molecule has 0 radical (unpaired) electrons. The van der Waals surface area contributed by atoms with E-state index in [1.165, 1.54) is 4.90 Å². The lowest BCUT2D eigenvalue weighted by molar-refractivity contribution is 0.0749. The van der Waals surface area contributed by atoms with E-state index in [0.29, 0.717) is 17.9 Å². The summed E-state index contributed by atoms with van der Waals surface area (Å²) in [5.41, 5.74) is 6.53. The number of primary amides is 1. The Hall–Kier alpha value is -4.06. The number of nitrogens with two attached hydrogens (primary N) is 1. The Labute approximate surface area is 179 Å². The number of furan rings is 1. The predicted molar refractivity (Wildman–Crippen MR) is 118 cm³/mol. The molecule has 0 aliphatic heterocycles. The number of benzene rings is 3. The predicted octanol–water partition coefficient (Wildman–Crippen LogP) is 4.38. The minimum atomic E-state index is -0.502. The van der Waals surface area contributed by atoms with Gasteiger partial charge in [-0.05, 0) is 52.7 Å². The van der Waals surface area contributed by atoms with Crippen LogP contribution in [0.4, 0.5) is 0 Å². The van der Waals surface area contributed by atoms with Crippen molar-refractivity contribution in [3.8, 4) is 5.75 Å². The molecule has 1 heterocycles. The Bertz CT molecular complexity index is 1250. The van der Waals surface area contributed by atoms with Crippen LogP contribution in [0.25, 0.3) is 10.8 Å². The Morgan fingerprint density at radius 1 is 0.935 bits per heavy atom. The second-order valence-electron chi connectivity index (χ2n) is 7.29. The van der Waals surface area contributed by atoms with Crippen LogP contribution in [0.5, 0.6) is 5.75 Å². The van der Waals surface area contributed by atoms with E-state index in [4.69, 9.17) is 14.9 Å². The lowest BCUT2D eigenvalue weighted by Gasteiger charge is -2.16. The molecule has 0 fully saturated rings. The molecular formula is C25H22N2O4. The number of ether oxygens (including phenoxy) is 1. The number of hydrogen-bond acceptors (Lipinski definition) is 4. The number of fused-ring (bicyclic) bond motifs is 1. The zero-order valence-corrected chi connectivity index (χ0v) is 17.1. The zero-order valence-electron chi connectivity index (χ0n) is 17.1. The van der Waals surface area contributed by atoms with Gasteiger partial charge in [-0.2, -0.15) is 0 Å². The molecule has 4 rings (SSSR count). The number of nitrogens with zero attached hydrogens (tertiary/aromatic N) is 1. The number of carbonyl (C=O) groups excluding carboxylic acids is 2. The van der Waals surface area contributed by atoms with Crippen LogP contribution < -0.4 is 10.5 Å². The largest absolute Gasteiger partial charge is 0.486 e. The van der Waals surface area contributed by atoms with Gasteiger partial charge < -0.3 is 19.8 Å². The highest BCUT2D eigenvalue weighted by Crippen LogP contribution is 2.22. The fraction of sp³-hybridized carbons (Fsp3) is 0.120. The Morgan fingerprint density at radius 2 is 1.74 bits per heavy atom. The summed E-state index contributed by atoms with van der Waals surface area (Å²) in [7, 11) is 1.67. The molecule has 0 aliphatic rings. The van der Waals surface area contributed by atoms with Crippen LogP contribution in [-0.4, -0.2) is 23.8 Å². The molecule has 2 N–H and O–H groups in total. The Kier molecular flexibility index (Phi) is 5.71. The first-order valence-corrected chi connectivity index (χ1v) is 9.84. The van der Waals surface area contributed by atoms with Gasteiger partial charge in [0.2, 0.25) is 5.91 Å². The smallest absolute Gasteiger partial charge is 0.289 e. The van der Waals surface area contributed by atoms with Crippen LogP contribution in [0.2, 0.25) is 0 Å². The maximum absolute atomic E-state index is 12.7. The quantitative estimate of drug-likeness (QED) is 0.486. The number of amides is 2. The highest BCUT2D eigenvalue weighted by Gasteiger charge is 2.17. The second kappa shape index (κ2) is 8.75. The molecule has 0 saturated carbocycles. The van der Waals surface area contributed by atoms with Crippen molar-refractivity contribution in [1.29, 1.82) is 0 Å². The summed E-state index contributed by atoms with van der Waals surface area (Å²) in [6, 6.07) is 24.2. The summed E-state index contributed by atoms with van der Waals surface area (Å²) in [5, 5.41) is 2.24. The molecule has 4 aromatic rings. The van der Waals surface area contributed by atoms with Gasteiger partial charge in [0.05, 0.1) is 0 Å². The van der Waals surface area contributed by atoms with Gasteiger partial charge in [0.25, 0.3) is 5.91 Å². The van der Waals surface area contributed by atoms with Crippen molar-refractivity contribution in [2.75, 3.05) is 7.05 Å². The third kappa shape index (κ3) is 4.75. The average molecular weight is 414 g/mol. The molecule has 0 atom stereocenters. The first-order valence-electron chi connectivity index (χ1n) is 9.84. The Balaban J connectivity index is 1.38. The fourth-order valence-corrected chi connectivity index (χ4v) is 3.34. The van der Waals surface area contributed by atoms with Crippen molar-refractivity contribution in [2.24, 2.45) is 5.73 Å². The van der Waals surface area contributed by atoms with E-state index >= 15 is 0 Å². The summed E-state index contributed by atoms with van der Waals surface area (Å²) in [6.45, 7) is 0.541. The van der Waals surface area contributed by atoms with Gasteiger partial charge in [0, 0.05) is 19.2 Å². The molecule has 6 heteroatoms. The summed E-state index contributed by atoms with van der Waals surface area (Å²) >= 11 is 0. The Morgan fingerprint density at radius 3 is 2.55 bits per heavy atom. The van der Waals surface area contributed by atoms with E-state index in [9.17, 15) is 9.59 Å². The van der Waals surface area contributed by atoms with E-state index in [2.05, 4.69) is 0 Å². The van der Waals surface area contributed by atoms with Crippen molar-refractivity contribution < 1.29 is 18.7 Å². The van der Waals surface area contributed by atoms with Gasteiger partial charge in [-0.15, -0.1) is 0 Å². The molecule has 0 bridgehead atoms. The highest BCUT2D eigenvalue weighted by atomic mass is 16.5. The van der Waals surface area contributed by atoms with E-state index in [1.54, 1.807) is 37.4 Å². The van der Waals surface area contributed by atoms with E-state index in [1.807, 2.05) is 48.5 Å². The standard InChI is InChI=1S/C25H22N2O4/c1-27(15-17-5-4-8-20(13-17)24(26)28)25(29)23-12-11-22(31-23)16-30-21-10-9-18-6-2-3-7-19(18)14-21/h2-14H,15-16H2,1H3,(H2,26,28). The summed E-state index contributed by atoms with van der Waals surface area (Å²) in [5.74, 6) is 0.750. The maximum atomic E-state index is 12.7. The van der Waals surface area contributed by atoms with Gasteiger partial charge in [0.15, 0.2) is 5.76 Å². The molecule has 6 nitrogen and oxygen atoms in total. The normalized spacial score (nSPS) is 10.7. The highest BCUT2D eigenvalue weighted by molar-refractivity contribution is 5.93. The van der Waals surface area contributed by atoms with Crippen LogP contribution in [0.15, 0.2) is 83.3 Å². The van der Waals surface area contributed by atoms with Gasteiger partial charge in [-0.25, -0.2) is 0 Å². The SMILES string of the molecule is CN(Cc1cccc(C(N)=O)c1)C(=O)c1ccc(COc2ccc3ccccc3c2)o1. The molecule has 3 aromatic carbocycles. The minimum Gasteiger partial charge on any atom is -0.486 e. The first-order chi connectivity index (χ1) is 15.0. The van der Waals surface area contributed by atoms with Crippen molar-refractivity contribution in [3.05, 3.63) is 102 Å². The molecule has 0 aliphatic carbocycles. The molecule has 31 heavy (non-hydrogen) atoms. The minimum absolute atomic E-state index is 0.218. The first kappa shape index (κ1) is 20.2. The van der Waals surface area contributed by atoms with Crippen molar-refractivity contribution in [1.82, 2.24) is 4.90 Å². The van der Waals surface area contributed by atoms with Gasteiger partial charge in [-0.1, -0.05) is 42.5 Å². The molecule has 1 aromatic heterocycles. The van der Waals surface area contributed by atoms with Crippen molar-refractivity contribution in [3.63, 3.8) is 0 Å². The van der Waals surface area contributed by atoms with Crippen molar-refractivity contribution >= 4 is 22.6 Å². The van der Waals surface area contributed by atoms with Crippen LogP contribution in [-0.2, 0) is 13.2 Å². The third-order valence-electron chi connectivity index (χ3n) is 4.95. The summed E-state index contributed by atoms with van der Waals surface area (Å²) in [4.78, 5) is 25.6. The van der Waals surface area contributed by atoms with Gasteiger partial charge in [-0.3, -0.25) is 9.59 Å². The molecule has 156 valence electrons. The number of rotatable bonds is 7. The topological polar surface area (TPSA) is 85.8 Å². The summed E-state index contributed by atoms with van der Waals surface area (Å²) in [6.07, 6.45) is 0. The van der Waals surface area contributed by atoms with Crippen LogP contribution >= 0.6 is 0 Å². The summed E-state index contributed by atoms with van der Waals surface area (Å²) < 4.78 is 11.5. The zero-order chi connectivity index (χ0) is 21.8. The number of carbonyl (C=O) groups is 2. The average Bonchev–Trinajstić information content (AvgIpc) is 3.26. The molecule has 0 saturated heterocycles. The molecule has 0 spiro atoms. The van der Waals surface area contributed by atoms with Gasteiger partial charge in [0.1, 0.15) is 18.1 Å². The third-order valence-corrected chi connectivity index (χ3v) is 4.95. The monoisotopic (exact) mass is 414 g/mol. The van der Waals surface area contributed by atoms with Crippen LogP contribution in [0.1, 0.15) is 32.2 Å². The maximum Gasteiger partial charge on any atom is 0.289 e. The van der Waals surface area contributed by atoms with Crippen LogP contribution in [0, 0.1) is 0 Å². The lowest BCUT2D eigenvalue weighted by Crippen LogP contribution is -2.26. The fourth-order valence-electron chi connectivity index (χ4n) is 3.34. The lowest BCUT2D eigenvalue weighted by atomic mass is 10.1. The van der Waals surface area contributed by atoms with E-state index in [0.717, 1.165) is 22.1 Å².